The van der Waals surface area contributed by atoms with Crippen LogP contribution in [0.5, 0.6) is 5.75 Å². The van der Waals surface area contributed by atoms with Crippen molar-refractivity contribution in [1.82, 2.24) is 5.32 Å². The first-order valence-corrected chi connectivity index (χ1v) is 7.13. The van der Waals surface area contributed by atoms with Gasteiger partial charge in [-0.2, -0.15) is 5.26 Å². The number of nitrogens with zero attached hydrogens (tertiary/aromatic N) is 1. The molecule has 2 rings (SSSR count). The van der Waals surface area contributed by atoms with Crippen molar-refractivity contribution < 1.29 is 4.74 Å². The van der Waals surface area contributed by atoms with Crippen molar-refractivity contribution in [2.75, 3.05) is 0 Å². The Hall–Kier alpha value is -2.31. The molecule has 0 amide bonds. The van der Waals surface area contributed by atoms with E-state index in [-0.39, 0.29) is 6.10 Å². The second-order valence-electron chi connectivity index (χ2n) is 5.19. The Balaban J connectivity index is 1.92. The van der Waals surface area contributed by atoms with Crippen molar-refractivity contribution in [2.24, 2.45) is 0 Å². The summed E-state index contributed by atoms with van der Waals surface area (Å²) in [4.78, 5) is 0. The lowest BCUT2D eigenvalue weighted by Gasteiger charge is -2.14. The highest BCUT2D eigenvalue weighted by atomic mass is 16.5. The number of benzene rings is 2. The molecule has 0 aliphatic carbocycles. The predicted octanol–water partition coefficient (Wildman–Crippen LogP) is 3.64. The topological polar surface area (TPSA) is 45.0 Å². The maximum atomic E-state index is 8.78. The van der Waals surface area contributed by atoms with E-state index in [9.17, 15) is 0 Å². The van der Waals surface area contributed by atoms with Crippen molar-refractivity contribution in [3.8, 4) is 11.8 Å². The van der Waals surface area contributed by atoms with E-state index >= 15 is 0 Å². The highest BCUT2D eigenvalue weighted by Crippen LogP contribution is 2.19. The van der Waals surface area contributed by atoms with Crippen LogP contribution < -0.4 is 10.1 Å². The monoisotopic (exact) mass is 280 g/mol. The summed E-state index contributed by atoms with van der Waals surface area (Å²) < 4.78 is 5.80. The summed E-state index contributed by atoms with van der Waals surface area (Å²) in [6.07, 6.45) is 0.171. The summed E-state index contributed by atoms with van der Waals surface area (Å²) in [6, 6.07) is 17.8. The molecule has 0 saturated heterocycles. The Kier molecular flexibility index (Phi) is 5.36. The molecule has 0 heterocycles. The van der Waals surface area contributed by atoms with Crippen LogP contribution in [0, 0.1) is 11.3 Å². The summed E-state index contributed by atoms with van der Waals surface area (Å²) in [6.45, 7) is 5.58. The third kappa shape index (κ3) is 4.62. The lowest BCUT2D eigenvalue weighted by molar-refractivity contribution is 0.239. The van der Waals surface area contributed by atoms with Gasteiger partial charge in [-0.15, -0.1) is 0 Å². The molecule has 0 spiro atoms. The fourth-order valence-corrected chi connectivity index (χ4v) is 2.06. The molecule has 0 atom stereocenters. The van der Waals surface area contributed by atoms with Gasteiger partial charge in [0.1, 0.15) is 5.75 Å². The molecule has 1 N–H and O–H groups in total. The summed E-state index contributed by atoms with van der Waals surface area (Å²) in [7, 11) is 0. The van der Waals surface area contributed by atoms with Crippen LogP contribution >= 0.6 is 0 Å². The number of nitriles is 1. The van der Waals surface area contributed by atoms with E-state index in [1.165, 1.54) is 0 Å². The molecule has 0 fully saturated rings. The first kappa shape index (κ1) is 15.1. The van der Waals surface area contributed by atoms with Gasteiger partial charge >= 0.3 is 0 Å². The number of hydrogen-bond acceptors (Lipinski definition) is 3. The minimum absolute atomic E-state index is 0.171. The Morgan fingerprint density at radius 1 is 1.05 bits per heavy atom. The molecule has 2 aromatic carbocycles. The second kappa shape index (κ2) is 7.47. The van der Waals surface area contributed by atoms with Gasteiger partial charge in [0.2, 0.25) is 0 Å². The van der Waals surface area contributed by atoms with Crippen LogP contribution in [0.4, 0.5) is 0 Å². The van der Waals surface area contributed by atoms with Gasteiger partial charge in [-0.05, 0) is 37.6 Å². The first-order chi connectivity index (χ1) is 10.2. The summed E-state index contributed by atoms with van der Waals surface area (Å²) in [5, 5.41) is 12.2. The maximum Gasteiger partial charge on any atom is 0.124 e. The number of para-hydroxylation sites is 1. The Bertz CT molecular complexity index is 612. The van der Waals surface area contributed by atoms with E-state index in [2.05, 4.69) is 17.5 Å². The molecule has 0 aromatic heterocycles. The van der Waals surface area contributed by atoms with Crippen molar-refractivity contribution in [1.29, 1.82) is 5.26 Å². The molecule has 3 heteroatoms. The van der Waals surface area contributed by atoms with Gasteiger partial charge in [-0.1, -0.05) is 30.3 Å². The quantitative estimate of drug-likeness (QED) is 0.878. The van der Waals surface area contributed by atoms with E-state index < -0.39 is 0 Å². The van der Waals surface area contributed by atoms with Crippen LogP contribution in [-0.2, 0) is 13.1 Å². The molecule has 2 aromatic rings. The Morgan fingerprint density at radius 3 is 2.43 bits per heavy atom. The van der Waals surface area contributed by atoms with Gasteiger partial charge in [0.25, 0.3) is 0 Å². The van der Waals surface area contributed by atoms with E-state index in [1.54, 1.807) is 0 Å². The normalized spacial score (nSPS) is 10.4. The zero-order chi connectivity index (χ0) is 15.1. The van der Waals surface area contributed by atoms with Gasteiger partial charge < -0.3 is 10.1 Å². The molecule has 0 bridgehead atoms. The molecule has 0 unspecified atom stereocenters. The van der Waals surface area contributed by atoms with Crippen LogP contribution in [-0.4, -0.2) is 6.10 Å². The van der Waals surface area contributed by atoms with Gasteiger partial charge in [-0.25, -0.2) is 0 Å². The van der Waals surface area contributed by atoms with E-state index in [4.69, 9.17) is 10.00 Å². The Morgan fingerprint density at radius 2 is 1.76 bits per heavy atom. The zero-order valence-corrected chi connectivity index (χ0v) is 12.5. The highest BCUT2D eigenvalue weighted by Gasteiger charge is 2.04. The molecule has 0 aliphatic rings. The average Bonchev–Trinajstić information content (AvgIpc) is 2.49. The average molecular weight is 280 g/mol. The lowest BCUT2D eigenvalue weighted by Crippen LogP contribution is -2.15. The highest BCUT2D eigenvalue weighted by molar-refractivity contribution is 5.34. The minimum atomic E-state index is 0.171. The third-order valence-corrected chi connectivity index (χ3v) is 3.06. The minimum Gasteiger partial charge on any atom is -0.491 e. The van der Waals surface area contributed by atoms with Crippen molar-refractivity contribution in [3.05, 3.63) is 65.2 Å². The third-order valence-electron chi connectivity index (χ3n) is 3.06. The molecule has 21 heavy (non-hydrogen) atoms. The molecule has 108 valence electrons. The van der Waals surface area contributed by atoms with Crippen LogP contribution in [0.25, 0.3) is 0 Å². The summed E-state index contributed by atoms with van der Waals surface area (Å²) >= 11 is 0. The smallest absolute Gasteiger partial charge is 0.124 e. The molecular weight excluding hydrogens is 260 g/mol. The Labute approximate surface area is 126 Å². The molecule has 0 saturated carbocycles. The number of rotatable bonds is 6. The van der Waals surface area contributed by atoms with Crippen LogP contribution in [0.1, 0.15) is 30.5 Å². The predicted molar refractivity (Wildman–Crippen MR) is 83.9 cm³/mol. The molecule has 0 aliphatic heterocycles. The van der Waals surface area contributed by atoms with Crippen LogP contribution in [0.3, 0.4) is 0 Å². The number of nitrogens with one attached hydrogen (secondary N) is 1. The summed E-state index contributed by atoms with van der Waals surface area (Å²) in [5.74, 6) is 0.930. The molecule has 3 nitrogen and oxygen atoms in total. The number of ether oxygens (including phenoxy) is 1. The largest absolute Gasteiger partial charge is 0.491 e. The molecular formula is C18H20N2O. The number of hydrogen-bond donors (Lipinski definition) is 1. The molecule has 0 radical (unpaired) electrons. The van der Waals surface area contributed by atoms with Gasteiger partial charge in [0.15, 0.2) is 0 Å². The van der Waals surface area contributed by atoms with E-state index in [1.807, 2.05) is 56.3 Å². The summed E-state index contributed by atoms with van der Waals surface area (Å²) in [5.41, 5.74) is 3.01. The fraction of sp³-hybridized carbons (Fsp3) is 0.278. The fourth-order valence-electron chi connectivity index (χ4n) is 2.06. The van der Waals surface area contributed by atoms with Gasteiger partial charge in [0.05, 0.1) is 17.7 Å². The van der Waals surface area contributed by atoms with Crippen molar-refractivity contribution >= 4 is 0 Å². The lowest BCUT2D eigenvalue weighted by atomic mass is 10.1. The van der Waals surface area contributed by atoms with E-state index in [0.717, 1.165) is 30.0 Å². The van der Waals surface area contributed by atoms with Crippen LogP contribution in [0.15, 0.2) is 48.5 Å². The van der Waals surface area contributed by atoms with Gasteiger partial charge in [0, 0.05) is 18.7 Å². The maximum absolute atomic E-state index is 8.78. The second-order valence-corrected chi connectivity index (χ2v) is 5.19. The first-order valence-electron chi connectivity index (χ1n) is 7.13. The van der Waals surface area contributed by atoms with E-state index in [0.29, 0.717) is 5.56 Å². The van der Waals surface area contributed by atoms with Crippen LogP contribution in [0.2, 0.25) is 0 Å². The van der Waals surface area contributed by atoms with Crippen molar-refractivity contribution in [2.45, 2.75) is 33.0 Å². The zero-order valence-electron chi connectivity index (χ0n) is 12.5. The van der Waals surface area contributed by atoms with Gasteiger partial charge in [-0.3, -0.25) is 0 Å². The SMILES string of the molecule is CC(C)Oc1ccccc1CNCc1ccc(C#N)cc1. The van der Waals surface area contributed by atoms with Crippen molar-refractivity contribution in [3.63, 3.8) is 0 Å². The standard InChI is InChI=1S/C18H20N2O/c1-14(2)21-18-6-4-3-5-17(18)13-20-12-16-9-7-15(11-19)8-10-16/h3-10,14,20H,12-13H2,1-2H3.